The van der Waals surface area contributed by atoms with Crippen LogP contribution < -0.4 is 5.32 Å². The minimum Gasteiger partial charge on any atom is -0.310 e. The van der Waals surface area contributed by atoms with Crippen molar-refractivity contribution in [2.45, 2.75) is 53.1 Å². The van der Waals surface area contributed by atoms with Crippen LogP contribution in [-0.2, 0) is 13.0 Å². The van der Waals surface area contributed by atoms with Crippen LogP contribution in [0.3, 0.4) is 0 Å². The molecule has 0 aliphatic heterocycles. The molecule has 4 heteroatoms. The minimum atomic E-state index is 0.493. The Morgan fingerprint density at radius 1 is 1.35 bits per heavy atom. The van der Waals surface area contributed by atoms with Gasteiger partial charge in [0.15, 0.2) is 0 Å². The van der Waals surface area contributed by atoms with Gasteiger partial charge in [0.05, 0.1) is 11.4 Å². The number of thiazole rings is 1. The van der Waals surface area contributed by atoms with Gasteiger partial charge in [-0.25, -0.2) is 4.98 Å². The topological polar surface area (TPSA) is 37.8 Å². The van der Waals surface area contributed by atoms with Gasteiger partial charge in [-0.1, -0.05) is 27.2 Å². The zero-order valence-corrected chi connectivity index (χ0v) is 13.5. The van der Waals surface area contributed by atoms with E-state index in [4.69, 9.17) is 4.98 Å². The third-order valence-corrected chi connectivity index (χ3v) is 4.19. The van der Waals surface area contributed by atoms with E-state index in [1.54, 1.807) is 11.3 Å². The number of nitrogens with zero attached hydrogens (tertiary/aromatic N) is 2. The number of nitrogens with one attached hydrogen (secondary N) is 1. The van der Waals surface area contributed by atoms with E-state index in [9.17, 15) is 0 Å². The molecule has 0 radical (unpaired) electrons. The lowest BCUT2D eigenvalue weighted by Gasteiger charge is -2.07. The van der Waals surface area contributed by atoms with Crippen molar-refractivity contribution in [2.75, 3.05) is 0 Å². The average Bonchev–Trinajstić information content (AvgIpc) is 2.80. The maximum absolute atomic E-state index is 4.81. The summed E-state index contributed by atoms with van der Waals surface area (Å²) in [6.45, 7) is 9.53. The first-order valence-electron chi connectivity index (χ1n) is 7.25. The number of pyridine rings is 1. The van der Waals surface area contributed by atoms with Crippen LogP contribution >= 0.6 is 11.3 Å². The summed E-state index contributed by atoms with van der Waals surface area (Å²) >= 11 is 1.77. The standard InChI is InChI=1S/C16H23N3S/c1-5-6-13-15(10-18-11(2)3)20-16(19-13)14-9-12(4)7-8-17-14/h7-9,11,18H,5-6,10H2,1-4H3. The highest BCUT2D eigenvalue weighted by atomic mass is 32.1. The Morgan fingerprint density at radius 2 is 2.15 bits per heavy atom. The first-order chi connectivity index (χ1) is 9.60. The zero-order valence-electron chi connectivity index (χ0n) is 12.7. The highest BCUT2D eigenvalue weighted by Gasteiger charge is 2.13. The van der Waals surface area contributed by atoms with E-state index in [0.29, 0.717) is 6.04 Å². The van der Waals surface area contributed by atoms with Gasteiger partial charge in [0, 0.05) is 23.7 Å². The van der Waals surface area contributed by atoms with Crippen LogP contribution in [0, 0.1) is 6.92 Å². The molecule has 0 atom stereocenters. The second-order valence-electron chi connectivity index (χ2n) is 5.39. The Hall–Kier alpha value is -1.26. The molecule has 0 saturated carbocycles. The van der Waals surface area contributed by atoms with Crippen LogP contribution in [-0.4, -0.2) is 16.0 Å². The predicted octanol–water partition coefficient (Wildman–Crippen LogP) is 3.96. The first kappa shape index (κ1) is 15.1. The van der Waals surface area contributed by atoms with E-state index in [1.165, 1.54) is 16.1 Å². The maximum atomic E-state index is 4.81. The van der Waals surface area contributed by atoms with Crippen molar-refractivity contribution in [3.05, 3.63) is 34.5 Å². The molecule has 0 aliphatic carbocycles. The molecule has 0 fully saturated rings. The van der Waals surface area contributed by atoms with Crippen molar-refractivity contribution in [3.8, 4) is 10.7 Å². The van der Waals surface area contributed by atoms with E-state index in [-0.39, 0.29) is 0 Å². The molecule has 0 bridgehead atoms. The monoisotopic (exact) mass is 289 g/mol. The lowest BCUT2D eigenvalue weighted by Crippen LogP contribution is -2.21. The van der Waals surface area contributed by atoms with Gasteiger partial charge in [-0.15, -0.1) is 11.3 Å². The molecule has 108 valence electrons. The van der Waals surface area contributed by atoms with Gasteiger partial charge < -0.3 is 5.32 Å². The molecule has 0 saturated heterocycles. The zero-order chi connectivity index (χ0) is 14.5. The van der Waals surface area contributed by atoms with Crippen LogP contribution in [0.15, 0.2) is 18.3 Å². The third kappa shape index (κ3) is 3.87. The molecule has 0 spiro atoms. The van der Waals surface area contributed by atoms with Crippen molar-refractivity contribution in [3.63, 3.8) is 0 Å². The molecule has 2 aromatic rings. The molecule has 20 heavy (non-hydrogen) atoms. The van der Waals surface area contributed by atoms with Gasteiger partial charge in [0.25, 0.3) is 0 Å². The van der Waals surface area contributed by atoms with Gasteiger partial charge in [-0.2, -0.15) is 0 Å². The Balaban J connectivity index is 2.28. The van der Waals surface area contributed by atoms with Crippen molar-refractivity contribution in [1.82, 2.24) is 15.3 Å². The summed E-state index contributed by atoms with van der Waals surface area (Å²) in [5.41, 5.74) is 3.44. The van der Waals surface area contributed by atoms with Crippen LogP contribution in [0.5, 0.6) is 0 Å². The summed E-state index contributed by atoms with van der Waals surface area (Å²) in [5.74, 6) is 0. The lowest BCUT2D eigenvalue weighted by molar-refractivity contribution is 0.589. The third-order valence-electron chi connectivity index (χ3n) is 3.07. The van der Waals surface area contributed by atoms with E-state index >= 15 is 0 Å². The lowest BCUT2D eigenvalue weighted by atomic mass is 10.2. The number of aryl methyl sites for hydroxylation is 2. The van der Waals surface area contributed by atoms with Gasteiger partial charge in [0.2, 0.25) is 0 Å². The predicted molar refractivity (Wildman–Crippen MR) is 86.1 cm³/mol. The molecule has 3 nitrogen and oxygen atoms in total. The van der Waals surface area contributed by atoms with Gasteiger partial charge in [-0.3, -0.25) is 4.98 Å². The summed E-state index contributed by atoms with van der Waals surface area (Å²) in [5, 5.41) is 4.53. The summed E-state index contributed by atoms with van der Waals surface area (Å²) in [4.78, 5) is 10.6. The summed E-state index contributed by atoms with van der Waals surface area (Å²) in [7, 11) is 0. The van der Waals surface area contributed by atoms with Gasteiger partial charge >= 0.3 is 0 Å². The second kappa shape index (κ2) is 6.95. The molecule has 2 aromatic heterocycles. The highest BCUT2D eigenvalue weighted by Crippen LogP contribution is 2.28. The van der Waals surface area contributed by atoms with Crippen molar-refractivity contribution < 1.29 is 0 Å². The summed E-state index contributed by atoms with van der Waals surface area (Å²) in [6.07, 6.45) is 4.02. The number of hydrogen-bond acceptors (Lipinski definition) is 4. The maximum Gasteiger partial charge on any atom is 0.142 e. The highest BCUT2D eigenvalue weighted by molar-refractivity contribution is 7.15. The Bertz CT molecular complexity index is 561. The minimum absolute atomic E-state index is 0.493. The smallest absolute Gasteiger partial charge is 0.142 e. The largest absolute Gasteiger partial charge is 0.310 e. The quantitative estimate of drug-likeness (QED) is 0.874. The van der Waals surface area contributed by atoms with Crippen molar-refractivity contribution in [2.24, 2.45) is 0 Å². The summed E-state index contributed by atoms with van der Waals surface area (Å²) in [6, 6.07) is 4.62. The molecule has 2 rings (SSSR count). The van der Waals surface area contributed by atoms with Gasteiger partial charge in [-0.05, 0) is 31.0 Å². The number of rotatable bonds is 6. The van der Waals surface area contributed by atoms with Crippen molar-refractivity contribution >= 4 is 11.3 Å². The molecule has 0 aliphatic rings. The fourth-order valence-corrected chi connectivity index (χ4v) is 3.04. The van der Waals surface area contributed by atoms with E-state index in [1.807, 2.05) is 12.3 Å². The fourth-order valence-electron chi connectivity index (χ4n) is 2.01. The van der Waals surface area contributed by atoms with Crippen LogP contribution in [0.1, 0.15) is 43.3 Å². The number of hydrogen-bond donors (Lipinski definition) is 1. The van der Waals surface area contributed by atoms with Crippen LogP contribution in [0.4, 0.5) is 0 Å². The SMILES string of the molecule is CCCc1nc(-c2cc(C)ccn2)sc1CNC(C)C. The molecule has 0 unspecified atom stereocenters. The van der Waals surface area contributed by atoms with Crippen LogP contribution in [0.2, 0.25) is 0 Å². The first-order valence-corrected chi connectivity index (χ1v) is 8.06. The molecular formula is C16H23N3S. The number of aromatic nitrogens is 2. The normalized spacial score (nSPS) is 11.2. The molecular weight excluding hydrogens is 266 g/mol. The van der Waals surface area contributed by atoms with E-state index in [0.717, 1.165) is 30.1 Å². The Morgan fingerprint density at radius 3 is 2.80 bits per heavy atom. The Labute approximate surface area is 125 Å². The fraction of sp³-hybridized carbons (Fsp3) is 0.500. The second-order valence-corrected chi connectivity index (χ2v) is 6.48. The molecule has 0 aromatic carbocycles. The van der Waals surface area contributed by atoms with Crippen LogP contribution in [0.25, 0.3) is 10.7 Å². The molecule has 1 N–H and O–H groups in total. The van der Waals surface area contributed by atoms with E-state index in [2.05, 4.69) is 44.1 Å². The average molecular weight is 289 g/mol. The summed E-state index contributed by atoms with van der Waals surface area (Å²) < 4.78 is 0. The molecule has 0 amide bonds. The Kier molecular flexibility index (Phi) is 5.26. The van der Waals surface area contributed by atoms with Crippen molar-refractivity contribution in [1.29, 1.82) is 0 Å². The molecule has 2 heterocycles. The van der Waals surface area contributed by atoms with E-state index < -0.39 is 0 Å². The van der Waals surface area contributed by atoms with Gasteiger partial charge in [0.1, 0.15) is 5.01 Å².